The monoisotopic (exact) mass is 330 g/mol. The van der Waals surface area contributed by atoms with E-state index in [1.807, 2.05) is 0 Å². The number of carboxylic acid groups (broad SMARTS) is 1. The second-order valence-corrected chi connectivity index (χ2v) is 5.73. The van der Waals surface area contributed by atoms with Crippen molar-refractivity contribution in [3.63, 3.8) is 0 Å². The maximum atomic E-state index is 14.5. The Kier molecular flexibility index (Phi) is 2.92. The summed E-state index contributed by atoms with van der Waals surface area (Å²) in [6.45, 7) is -0.00603. The van der Waals surface area contributed by atoms with Gasteiger partial charge in [0, 0.05) is 6.07 Å². The van der Waals surface area contributed by atoms with Gasteiger partial charge in [0.05, 0.1) is 15.5 Å². The Hall–Kier alpha value is -1.30. The summed E-state index contributed by atoms with van der Waals surface area (Å²) in [4.78, 5) is 11.7. The van der Waals surface area contributed by atoms with Crippen molar-refractivity contribution in [3.8, 4) is 11.5 Å². The zero-order valence-corrected chi connectivity index (χ0v) is 11.6. The maximum absolute atomic E-state index is 14.5. The Morgan fingerprint density at radius 2 is 2.05 bits per heavy atom. The summed E-state index contributed by atoms with van der Waals surface area (Å²) in [5.74, 6) is -0.922. The normalized spacial score (nSPS) is 19.7. The Labute approximate surface area is 117 Å². The van der Waals surface area contributed by atoms with Gasteiger partial charge in [0.15, 0.2) is 11.5 Å². The summed E-state index contributed by atoms with van der Waals surface area (Å²) in [6, 6.07) is 1.48. The quantitative estimate of drug-likeness (QED) is 0.904. The zero-order chi connectivity index (χ0) is 13.6. The molecular weight excluding hydrogens is 319 g/mol. The van der Waals surface area contributed by atoms with Crippen LogP contribution in [-0.4, -0.2) is 17.9 Å². The SMILES string of the molecule is O=C(O)C1(c2c(F)c(Br)cc3c2OCO3)CCCC1. The van der Waals surface area contributed by atoms with Crippen LogP contribution in [-0.2, 0) is 10.2 Å². The van der Waals surface area contributed by atoms with E-state index in [-0.39, 0.29) is 22.6 Å². The molecule has 6 heteroatoms. The number of fused-ring (bicyclic) bond motifs is 1. The number of aliphatic carboxylic acids is 1. The van der Waals surface area contributed by atoms with Gasteiger partial charge >= 0.3 is 5.97 Å². The van der Waals surface area contributed by atoms with Crippen molar-refractivity contribution < 1.29 is 23.8 Å². The number of carbonyl (C=O) groups is 1. The predicted octanol–water partition coefficient (Wildman–Crippen LogP) is 3.21. The summed E-state index contributed by atoms with van der Waals surface area (Å²) in [5.41, 5.74) is -1.08. The third-order valence-electron chi connectivity index (χ3n) is 3.90. The Morgan fingerprint density at radius 1 is 1.37 bits per heavy atom. The molecule has 4 nitrogen and oxygen atoms in total. The summed E-state index contributed by atoms with van der Waals surface area (Å²) in [5, 5.41) is 9.59. The van der Waals surface area contributed by atoms with Crippen LogP contribution >= 0.6 is 15.9 Å². The van der Waals surface area contributed by atoms with E-state index in [4.69, 9.17) is 9.47 Å². The minimum Gasteiger partial charge on any atom is -0.481 e. The molecule has 3 rings (SSSR count). The van der Waals surface area contributed by atoms with E-state index in [0.717, 1.165) is 12.8 Å². The van der Waals surface area contributed by atoms with E-state index in [0.29, 0.717) is 18.6 Å². The second kappa shape index (κ2) is 4.37. The predicted molar refractivity (Wildman–Crippen MR) is 68.0 cm³/mol. The molecule has 1 fully saturated rings. The van der Waals surface area contributed by atoms with Gasteiger partial charge in [0.1, 0.15) is 5.82 Å². The van der Waals surface area contributed by atoms with Crippen LogP contribution in [0.1, 0.15) is 31.2 Å². The molecule has 0 amide bonds. The Morgan fingerprint density at radius 3 is 2.68 bits per heavy atom. The first-order chi connectivity index (χ1) is 9.06. The van der Waals surface area contributed by atoms with Crippen molar-refractivity contribution in [1.29, 1.82) is 0 Å². The summed E-state index contributed by atoms with van der Waals surface area (Å²) < 4.78 is 25.2. The fourth-order valence-electron chi connectivity index (χ4n) is 2.97. The highest BCUT2D eigenvalue weighted by Crippen LogP contribution is 2.51. The molecule has 0 unspecified atom stereocenters. The Bertz CT molecular complexity index is 552. The lowest BCUT2D eigenvalue weighted by molar-refractivity contribution is -0.143. The number of ether oxygens (including phenoxy) is 2. The summed E-state index contributed by atoms with van der Waals surface area (Å²) >= 11 is 3.12. The molecule has 1 aromatic rings. The molecule has 0 radical (unpaired) electrons. The minimum atomic E-state index is -1.20. The van der Waals surface area contributed by atoms with Crippen LogP contribution < -0.4 is 9.47 Å². The third kappa shape index (κ3) is 1.73. The van der Waals surface area contributed by atoms with Gasteiger partial charge in [-0.25, -0.2) is 4.39 Å². The van der Waals surface area contributed by atoms with Crippen molar-refractivity contribution in [2.45, 2.75) is 31.1 Å². The first-order valence-electron chi connectivity index (χ1n) is 6.08. The van der Waals surface area contributed by atoms with Gasteiger partial charge in [-0.2, -0.15) is 0 Å². The first kappa shape index (κ1) is 12.7. The fourth-order valence-corrected chi connectivity index (χ4v) is 3.37. The number of halogens is 2. The van der Waals surface area contributed by atoms with Crippen LogP contribution in [0.25, 0.3) is 0 Å². The Balaban J connectivity index is 2.27. The van der Waals surface area contributed by atoms with Crippen LogP contribution in [0.15, 0.2) is 10.5 Å². The molecule has 102 valence electrons. The van der Waals surface area contributed by atoms with Gasteiger partial charge in [-0.05, 0) is 28.8 Å². The van der Waals surface area contributed by atoms with E-state index < -0.39 is 17.2 Å². The molecule has 0 aromatic heterocycles. The van der Waals surface area contributed by atoms with Gasteiger partial charge in [-0.3, -0.25) is 4.79 Å². The zero-order valence-electron chi connectivity index (χ0n) is 10.0. The summed E-state index contributed by atoms with van der Waals surface area (Å²) in [6.07, 6.45) is 2.39. The average Bonchev–Trinajstić information content (AvgIpc) is 2.99. The molecule has 1 aromatic carbocycles. The van der Waals surface area contributed by atoms with E-state index in [1.165, 1.54) is 6.07 Å². The lowest BCUT2D eigenvalue weighted by atomic mass is 9.78. The molecule has 1 aliphatic carbocycles. The summed E-state index contributed by atoms with van der Waals surface area (Å²) in [7, 11) is 0. The number of carboxylic acids is 1. The number of rotatable bonds is 2. The minimum absolute atomic E-state index is 0.00603. The fraction of sp³-hybridized carbons (Fsp3) is 0.462. The van der Waals surface area contributed by atoms with Crippen molar-refractivity contribution in [1.82, 2.24) is 0 Å². The van der Waals surface area contributed by atoms with E-state index in [1.54, 1.807) is 0 Å². The van der Waals surface area contributed by atoms with Crippen LogP contribution in [0, 0.1) is 5.82 Å². The van der Waals surface area contributed by atoms with Gasteiger partial charge in [-0.1, -0.05) is 12.8 Å². The molecule has 0 atom stereocenters. The highest BCUT2D eigenvalue weighted by atomic mass is 79.9. The van der Waals surface area contributed by atoms with Crippen molar-refractivity contribution in [2.75, 3.05) is 6.79 Å². The molecule has 1 aliphatic heterocycles. The molecule has 0 bridgehead atoms. The molecule has 1 heterocycles. The molecular formula is C13H12BrFO4. The first-order valence-corrected chi connectivity index (χ1v) is 6.87. The largest absolute Gasteiger partial charge is 0.481 e. The highest BCUT2D eigenvalue weighted by Gasteiger charge is 2.48. The molecule has 2 aliphatic rings. The highest BCUT2D eigenvalue weighted by molar-refractivity contribution is 9.10. The standard InChI is InChI=1S/C13H12BrFO4/c14-7-5-8-11(19-6-18-8)9(10(7)15)13(12(16)17)3-1-2-4-13/h5H,1-4,6H2,(H,16,17). The number of hydrogen-bond donors (Lipinski definition) is 1. The average molecular weight is 331 g/mol. The van der Waals surface area contributed by atoms with Crippen molar-refractivity contribution in [2.24, 2.45) is 0 Å². The third-order valence-corrected chi connectivity index (χ3v) is 4.48. The van der Waals surface area contributed by atoms with Crippen molar-refractivity contribution in [3.05, 3.63) is 21.9 Å². The maximum Gasteiger partial charge on any atom is 0.314 e. The molecule has 0 saturated heterocycles. The lowest BCUT2D eigenvalue weighted by Gasteiger charge is -2.26. The molecule has 0 spiro atoms. The van der Waals surface area contributed by atoms with Gasteiger partial charge < -0.3 is 14.6 Å². The second-order valence-electron chi connectivity index (χ2n) is 4.88. The van der Waals surface area contributed by atoms with Crippen LogP contribution in [0.3, 0.4) is 0 Å². The van der Waals surface area contributed by atoms with Crippen LogP contribution in [0.4, 0.5) is 4.39 Å². The lowest BCUT2D eigenvalue weighted by Crippen LogP contribution is -2.34. The van der Waals surface area contributed by atoms with Gasteiger partial charge in [0.2, 0.25) is 6.79 Å². The number of benzene rings is 1. The van der Waals surface area contributed by atoms with Gasteiger partial charge in [0.25, 0.3) is 0 Å². The van der Waals surface area contributed by atoms with E-state index in [9.17, 15) is 14.3 Å². The molecule has 1 N–H and O–H groups in total. The van der Waals surface area contributed by atoms with E-state index in [2.05, 4.69) is 15.9 Å². The smallest absolute Gasteiger partial charge is 0.314 e. The number of hydrogen-bond acceptors (Lipinski definition) is 3. The molecule has 1 saturated carbocycles. The topological polar surface area (TPSA) is 55.8 Å². The van der Waals surface area contributed by atoms with Crippen LogP contribution in [0.2, 0.25) is 0 Å². The molecule has 19 heavy (non-hydrogen) atoms. The van der Waals surface area contributed by atoms with Crippen molar-refractivity contribution >= 4 is 21.9 Å². The van der Waals surface area contributed by atoms with E-state index >= 15 is 0 Å². The van der Waals surface area contributed by atoms with Gasteiger partial charge in [-0.15, -0.1) is 0 Å². The van der Waals surface area contributed by atoms with Crippen LogP contribution in [0.5, 0.6) is 11.5 Å².